The number of nitrogens with zero attached hydrogens (tertiary/aromatic N) is 3. The second-order valence-corrected chi connectivity index (χ2v) is 5.57. The summed E-state index contributed by atoms with van der Waals surface area (Å²) in [5.74, 6) is 7.57. The SMILES string of the molecule is Cc1c(NN)ncnc1NC(CC(C)C)CN(C)C. The van der Waals surface area contributed by atoms with Crippen LogP contribution in [0.5, 0.6) is 0 Å². The monoisotopic (exact) mass is 266 g/mol. The van der Waals surface area contributed by atoms with Crippen LogP contribution in [0.1, 0.15) is 25.8 Å². The van der Waals surface area contributed by atoms with E-state index in [2.05, 4.69) is 53.6 Å². The van der Waals surface area contributed by atoms with Gasteiger partial charge in [-0.3, -0.25) is 0 Å². The van der Waals surface area contributed by atoms with Crippen molar-refractivity contribution in [3.8, 4) is 0 Å². The summed E-state index contributed by atoms with van der Waals surface area (Å²) in [6.45, 7) is 7.38. The predicted molar refractivity (Wildman–Crippen MR) is 80.0 cm³/mol. The van der Waals surface area contributed by atoms with Crippen LogP contribution in [0.4, 0.5) is 11.6 Å². The van der Waals surface area contributed by atoms with E-state index in [9.17, 15) is 0 Å². The largest absolute Gasteiger partial charge is 0.366 e. The molecule has 0 amide bonds. The molecule has 0 saturated heterocycles. The van der Waals surface area contributed by atoms with Gasteiger partial charge >= 0.3 is 0 Å². The number of nitrogen functional groups attached to an aromatic ring is 1. The van der Waals surface area contributed by atoms with E-state index in [-0.39, 0.29) is 0 Å². The number of likely N-dealkylation sites (N-methyl/N-ethyl adjacent to an activating group) is 1. The number of hydrogen-bond acceptors (Lipinski definition) is 6. The normalized spacial score (nSPS) is 12.8. The predicted octanol–water partition coefficient (Wildman–Crippen LogP) is 1.46. The fourth-order valence-electron chi connectivity index (χ4n) is 2.12. The van der Waals surface area contributed by atoms with Crippen LogP contribution in [-0.4, -0.2) is 41.5 Å². The van der Waals surface area contributed by atoms with Crippen molar-refractivity contribution >= 4 is 11.6 Å². The van der Waals surface area contributed by atoms with Crippen molar-refractivity contribution in [2.24, 2.45) is 11.8 Å². The molecule has 4 N–H and O–H groups in total. The van der Waals surface area contributed by atoms with Gasteiger partial charge in [-0.25, -0.2) is 15.8 Å². The highest BCUT2D eigenvalue weighted by Gasteiger charge is 2.15. The molecule has 1 aromatic rings. The van der Waals surface area contributed by atoms with Crippen LogP contribution in [0.25, 0.3) is 0 Å². The summed E-state index contributed by atoms with van der Waals surface area (Å²) in [6.07, 6.45) is 2.61. The molecule has 0 aromatic carbocycles. The van der Waals surface area contributed by atoms with Crippen molar-refractivity contribution in [1.82, 2.24) is 14.9 Å². The molecular weight excluding hydrogens is 240 g/mol. The molecule has 0 fully saturated rings. The molecule has 108 valence electrons. The second kappa shape index (κ2) is 7.25. The first kappa shape index (κ1) is 15.7. The van der Waals surface area contributed by atoms with E-state index in [0.717, 1.165) is 24.3 Å². The Morgan fingerprint density at radius 2 is 1.89 bits per heavy atom. The average Bonchev–Trinajstić information content (AvgIpc) is 2.30. The molecule has 1 unspecified atom stereocenters. The molecule has 6 heteroatoms. The quantitative estimate of drug-likeness (QED) is 0.512. The number of hydrazine groups is 1. The van der Waals surface area contributed by atoms with Gasteiger partial charge in [0.05, 0.1) is 0 Å². The van der Waals surface area contributed by atoms with Crippen LogP contribution in [0, 0.1) is 12.8 Å². The second-order valence-electron chi connectivity index (χ2n) is 5.57. The molecule has 0 aliphatic heterocycles. The highest BCUT2D eigenvalue weighted by atomic mass is 15.3. The van der Waals surface area contributed by atoms with Gasteiger partial charge < -0.3 is 15.6 Å². The molecular formula is C13H26N6. The van der Waals surface area contributed by atoms with E-state index in [1.165, 1.54) is 6.33 Å². The van der Waals surface area contributed by atoms with Gasteiger partial charge in [0.1, 0.15) is 18.0 Å². The zero-order valence-corrected chi connectivity index (χ0v) is 12.6. The van der Waals surface area contributed by atoms with Gasteiger partial charge in [0, 0.05) is 18.2 Å². The average molecular weight is 266 g/mol. The van der Waals surface area contributed by atoms with Gasteiger partial charge in [0.2, 0.25) is 0 Å². The molecule has 1 aromatic heterocycles. The van der Waals surface area contributed by atoms with Crippen molar-refractivity contribution in [3.05, 3.63) is 11.9 Å². The van der Waals surface area contributed by atoms with Gasteiger partial charge in [-0.05, 0) is 33.4 Å². The Labute approximate surface area is 115 Å². The van der Waals surface area contributed by atoms with E-state index >= 15 is 0 Å². The lowest BCUT2D eigenvalue weighted by atomic mass is 10.0. The number of anilines is 2. The lowest BCUT2D eigenvalue weighted by molar-refractivity contribution is 0.356. The van der Waals surface area contributed by atoms with Crippen molar-refractivity contribution in [1.29, 1.82) is 0 Å². The van der Waals surface area contributed by atoms with Gasteiger partial charge in [-0.1, -0.05) is 13.8 Å². The Hall–Kier alpha value is -1.40. The summed E-state index contributed by atoms with van der Waals surface area (Å²) in [5.41, 5.74) is 3.53. The molecule has 0 spiro atoms. The molecule has 1 rings (SSSR count). The molecule has 1 atom stereocenters. The summed E-state index contributed by atoms with van der Waals surface area (Å²) in [7, 11) is 4.16. The number of nitrogens with two attached hydrogens (primary N) is 1. The summed E-state index contributed by atoms with van der Waals surface area (Å²) >= 11 is 0. The molecule has 0 bridgehead atoms. The van der Waals surface area contributed by atoms with E-state index in [1.54, 1.807) is 0 Å². The van der Waals surface area contributed by atoms with Gasteiger partial charge in [0.15, 0.2) is 0 Å². The molecule has 0 aliphatic rings. The first-order valence-corrected chi connectivity index (χ1v) is 6.63. The minimum absolute atomic E-state index is 0.356. The van der Waals surface area contributed by atoms with Crippen molar-refractivity contribution in [2.75, 3.05) is 31.4 Å². The van der Waals surface area contributed by atoms with Gasteiger partial charge in [-0.2, -0.15) is 0 Å². The summed E-state index contributed by atoms with van der Waals surface area (Å²) in [5, 5.41) is 3.50. The molecule has 0 aliphatic carbocycles. The van der Waals surface area contributed by atoms with E-state index in [0.29, 0.717) is 17.8 Å². The lowest BCUT2D eigenvalue weighted by Gasteiger charge is -2.25. The standard InChI is InChI=1S/C13H26N6/c1-9(2)6-11(7-19(4)5)17-12-10(3)13(18-14)16-8-15-12/h8-9,11H,6-7,14H2,1-5H3,(H2,15,16,17,18). The molecule has 0 radical (unpaired) electrons. The summed E-state index contributed by atoms with van der Waals surface area (Å²) in [4.78, 5) is 10.6. The van der Waals surface area contributed by atoms with Crippen LogP contribution in [0.3, 0.4) is 0 Å². The Morgan fingerprint density at radius 3 is 2.42 bits per heavy atom. The Morgan fingerprint density at radius 1 is 1.26 bits per heavy atom. The fourth-order valence-corrected chi connectivity index (χ4v) is 2.12. The smallest absolute Gasteiger partial charge is 0.148 e. The van der Waals surface area contributed by atoms with E-state index < -0.39 is 0 Å². The highest BCUT2D eigenvalue weighted by molar-refractivity contribution is 5.56. The third kappa shape index (κ3) is 5.00. The van der Waals surface area contributed by atoms with Crippen LogP contribution in [0.2, 0.25) is 0 Å². The van der Waals surface area contributed by atoms with Crippen LogP contribution in [0.15, 0.2) is 6.33 Å². The zero-order valence-electron chi connectivity index (χ0n) is 12.6. The van der Waals surface area contributed by atoms with Crippen LogP contribution in [-0.2, 0) is 0 Å². The van der Waals surface area contributed by atoms with Crippen LogP contribution < -0.4 is 16.6 Å². The number of nitrogens with one attached hydrogen (secondary N) is 2. The van der Waals surface area contributed by atoms with E-state index in [4.69, 9.17) is 5.84 Å². The highest BCUT2D eigenvalue weighted by Crippen LogP contribution is 2.19. The topological polar surface area (TPSA) is 79.1 Å². The van der Waals surface area contributed by atoms with Crippen molar-refractivity contribution < 1.29 is 0 Å². The number of aromatic nitrogens is 2. The first-order valence-electron chi connectivity index (χ1n) is 6.63. The molecule has 6 nitrogen and oxygen atoms in total. The van der Waals surface area contributed by atoms with Crippen molar-refractivity contribution in [3.63, 3.8) is 0 Å². The van der Waals surface area contributed by atoms with E-state index in [1.807, 2.05) is 6.92 Å². The minimum atomic E-state index is 0.356. The van der Waals surface area contributed by atoms with Crippen molar-refractivity contribution in [2.45, 2.75) is 33.2 Å². The Bertz CT molecular complexity index is 381. The summed E-state index contributed by atoms with van der Waals surface area (Å²) in [6, 6.07) is 0.356. The Balaban J connectivity index is 2.83. The summed E-state index contributed by atoms with van der Waals surface area (Å²) < 4.78 is 0. The fraction of sp³-hybridized carbons (Fsp3) is 0.692. The maximum Gasteiger partial charge on any atom is 0.148 e. The lowest BCUT2D eigenvalue weighted by Crippen LogP contribution is -2.34. The zero-order chi connectivity index (χ0) is 14.4. The minimum Gasteiger partial charge on any atom is -0.366 e. The first-order chi connectivity index (χ1) is 8.93. The Kier molecular flexibility index (Phi) is 5.98. The third-order valence-electron chi connectivity index (χ3n) is 2.90. The third-order valence-corrected chi connectivity index (χ3v) is 2.90. The van der Waals surface area contributed by atoms with Crippen LogP contribution >= 0.6 is 0 Å². The van der Waals surface area contributed by atoms with Gasteiger partial charge in [0.25, 0.3) is 0 Å². The maximum absolute atomic E-state index is 5.44. The number of rotatable bonds is 7. The number of hydrogen-bond donors (Lipinski definition) is 3. The molecule has 19 heavy (non-hydrogen) atoms. The maximum atomic E-state index is 5.44. The molecule has 0 saturated carbocycles. The van der Waals surface area contributed by atoms with Gasteiger partial charge in [-0.15, -0.1) is 0 Å². The molecule has 1 heterocycles.